The normalized spacial score (nSPS) is 26.7. The van der Waals surface area contributed by atoms with Crippen molar-refractivity contribution in [1.82, 2.24) is 5.32 Å². The van der Waals surface area contributed by atoms with E-state index in [1.807, 2.05) is 0 Å². The number of carbonyl (C=O) groups excluding carboxylic acids is 1. The fourth-order valence-corrected chi connectivity index (χ4v) is 1.97. The first-order chi connectivity index (χ1) is 7.58. The molecule has 0 aliphatic heterocycles. The maximum absolute atomic E-state index is 11.7. The van der Waals surface area contributed by atoms with Crippen LogP contribution in [0.5, 0.6) is 0 Å². The van der Waals surface area contributed by atoms with Crippen molar-refractivity contribution >= 4 is 29.1 Å². The molecule has 0 spiro atoms. The van der Waals surface area contributed by atoms with Gasteiger partial charge in [0.2, 0.25) is 5.91 Å². The Morgan fingerprint density at radius 1 is 1.47 bits per heavy atom. The molecule has 8 heteroatoms. The molecule has 1 aliphatic carbocycles. The molecule has 1 fully saturated rings. The van der Waals surface area contributed by atoms with E-state index in [9.17, 15) is 18.0 Å². The van der Waals surface area contributed by atoms with Crippen molar-refractivity contribution in [1.29, 1.82) is 0 Å². The number of ether oxygens (including phenoxy) is 1. The van der Waals surface area contributed by atoms with Gasteiger partial charge in [0.15, 0.2) is 0 Å². The third-order valence-corrected chi connectivity index (χ3v) is 3.66. The van der Waals surface area contributed by atoms with Gasteiger partial charge in [-0.25, -0.2) is 0 Å². The molecule has 0 bridgehead atoms. The molecule has 0 aromatic rings. The van der Waals surface area contributed by atoms with Gasteiger partial charge in [-0.05, 0) is 13.3 Å². The lowest BCUT2D eigenvalue weighted by atomic mass is 10.1. The highest BCUT2D eigenvalue weighted by atomic mass is 35.5. The fourth-order valence-electron chi connectivity index (χ4n) is 1.27. The summed E-state index contributed by atoms with van der Waals surface area (Å²) in [7, 11) is 0. The third-order valence-electron chi connectivity index (χ3n) is 2.56. The Morgan fingerprint density at radius 3 is 2.41 bits per heavy atom. The summed E-state index contributed by atoms with van der Waals surface area (Å²) in [6, 6.07) is 0. The first kappa shape index (κ1) is 14.9. The highest BCUT2D eigenvalue weighted by molar-refractivity contribution is 6.53. The van der Waals surface area contributed by atoms with Gasteiger partial charge in [-0.2, -0.15) is 13.2 Å². The van der Waals surface area contributed by atoms with Gasteiger partial charge in [0.25, 0.3) is 0 Å². The average Bonchev–Trinajstić information content (AvgIpc) is 2.64. The number of halogens is 5. The number of amides is 1. The third kappa shape index (κ3) is 3.89. The smallest absolute Gasteiger partial charge is 0.370 e. The summed E-state index contributed by atoms with van der Waals surface area (Å²) in [5.41, 5.74) is -0.861. The van der Waals surface area contributed by atoms with Gasteiger partial charge < -0.3 is 10.1 Å². The van der Waals surface area contributed by atoms with Gasteiger partial charge in [-0.15, -0.1) is 23.2 Å². The van der Waals surface area contributed by atoms with Crippen molar-refractivity contribution in [2.45, 2.75) is 23.9 Å². The van der Waals surface area contributed by atoms with Gasteiger partial charge in [0, 0.05) is 6.54 Å². The molecular formula is C9H12Cl2F3NO2. The lowest BCUT2D eigenvalue weighted by Gasteiger charge is -2.13. The second kappa shape index (κ2) is 4.82. The minimum Gasteiger partial charge on any atom is -0.370 e. The number of alkyl halides is 5. The Morgan fingerprint density at radius 2 is 2.00 bits per heavy atom. The van der Waals surface area contributed by atoms with Crippen LogP contribution < -0.4 is 5.32 Å². The van der Waals surface area contributed by atoms with Crippen LogP contribution in [-0.2, 0) is 9.53 Å². The molecule has 0 radical (unpaired) electrons. The summed E-state index contributed by atoms with van der Waals surface area (Å²) in [6.45, 7) is 0.0568. The zero-order valence-corrected chi connectivity index (χ0v) is 10.5. The molecule has 0 aromatic heterocycles. The van der Waals surface area contributed by atoms with Gasteiger partial charge in [-0.1, -0.05) is 0 Å². The molecule has 1 aliphatic rings. The van der Waals surface area contributed by atoms with E-state index in [0.717, 1.165) is 0 Å². The van der Waals surface area contributed by atoms with E-state index in [0.29, 0.717) is 6.42 Å². The monoisotopic (exact) mass is 293 g/mol. The number of hydrogen-bond acceptors (Lipinski definition) is 2. The highest BCUT2D eigenvalue weighted by Gasteiger charge is 2.67. The van der Waals surface area contributed by atoms with Crippen LogP contribution in [0.25, 0.3) is 0 Å². The Hall–Kier alpha value is -0.200. The molecule has 1 amide bonds. The Labute approximate surface area is 107 Å². The molecule has 100 valence electrons. The quantitative estimate of drug-likeness (QED) is 0.624. The predicted molar refractivity (Wildman–Crippen MR) is 57.0 cm³/mol. The second-order valence-electron chi connectivity index (χ2n) is 4.14. The largest absolute Gasteiger partial charge is 0.411 e. The Balaban J connectivity index is 2.15. The van der Waals surface area contributed by atoms with E-state index in [1.165, 1.54) is 0 Å². The molecular weight excluding hydrogens is 282 g/mol. The average molecular weight is 294 g/mol. The molecule has 1 atom stereocenters. The van der Waals surface area contributed by atoms with E-state index in [4.69, 9.17) is 23.2 Å². The van der Waals surface area contributed by atoms with Crippen molar-refractivity contribution in [3.8, 4) is 0 Å². The summed E-state index contributed by atoms with van der Waals surface area (Å²) in [6.07, 6.45) is -4.02. The molecule has 17 heavy (non-hydrogen) atoms. The van der Waals surface area contributed by atoms with Crippen LogP contribution in [0, 0.1) is 5.41 Å². The molecule has 3 nitrogen and oxygen atoms in total. The zero-order valence-electron chi connectivity index (χ0n) is 9.03. The summed E-state index contributed by atoms with van der Waals surface area (Å²) >= 11 is 11.5. The number of rotatable bonds is 5. The van der Waals surface area contributed by atoms with Gasteiger partial charge in [-0.3, -0.25) is 4.79 Å². The van der Waals surface area contributed by atoms with E-state index >= 15 is 0 Å². The Kier molecular flexibility index (Phi) is 4.21. The first-order valence-electron chi connectivity index (χ1n) is 4.89. The van der Waals surface area contributed by atoms with Crippen molar-refractivity contribution in [2.24, 2.45) is 5.41 Å². The van der Waals surface area contributed by atoms with Crippen molar-refractivity contribution < 1.29 is 22.7 Å². The van der Waals surface area contributed by atoms with Crippen LogP contribution in [0.4, 0.5) is 13.2 Å². The molecule has 1 N–H and O–H groups in total. The van der Waals surface area contributed by atoms with Gasteiger partial charge >= 0.3 is 6.18 Å². The number of hydrogen-bond donors (Lipinski definition) is 1. The summed E-state index contributed by atoms with van der Waals surface area (Å²) in [5, 5.41) is 2.43. The molecule has 0 heterocycles. The first-order valence-corrected chi connectivity index (χ1v) is 5.65. The minimum absolute atomic E-state index is 0.00559. The number of carbonyl (C=O) groups is 1. The van der Waals surface area contributed by atoms with E-state index in [-0.39, 0.29) is 19.1 Å². The van der Waals surface area contributed by atoms with Crippen LogP contribution in [0.15, 0.2) is 0 Å². The van der Waals surface area contributed by atoms with Gasteiger partial charge in [0.1, 0.15) is 10.9 Å². The van der Waals surface area contributed by atoms with Gasteiger partial charge in [0.05, 0.1) is 12.0 Å². The minimum atomic E-state index is -4.35. The van der Waals surface area contributed by atoms with Crippen LogP contribution in [0.1, 0.15) is 13.3 Å². The SMILES string of the molecule is CC1(C(=O)NCCOCC(F)(F)F)CC1(Cl)Cl. The van der Waals surface area contributed by atoms with E-state index in [2.05, 4.69) is 10.1 Å². The van der Waals surface area contributed by atoms with Crippen LogP contribution >= 0.6 is 23.2 Å². The lowest BCUT2D eigenvalue weighted by Crippen LogP contribution is -2.35. The topological polar surface area (TPSA) is 38.3 Å². The summed E-state index contributed by atoms with van der Waals surface area (Å²) in [5.74, 6) is -0.377. The number of nitrogens with one attached hydrogen (secondary N) is 1. The van der Waals surface area contributed by atoms with E-state index in [1.54, 1.807) is 6.92 Å². The molecule has 1 unspecified atom stereocenters. The fraction of sp³-hybridized carbons (Fsp3) is 0.889. The molecule has 1 rings (SSSR count). The zero-order chi connectivity index (χ0) is 13.3. The summed E-state index contributed by atoms with van der Waals surface area (Å²) < 4.78 is 38.3. The predicted octanol–water partition coefficient (Wildman–Crippen LogP) is 2.27. The van der Waals surface area contributed by atoms with Crippen molar-refractivity contribution in [3.05, 3.63) is 0 Å². The standard InChI is InChI=1S/C9H12Cl2F3NO2/c1-7(4-8(7,10)11)6(16)15-2-3-17-5-9(12,13)14/h2-5H2,1H3,(H,15,16). The van der Waals surface area contributed by atoms with Crippen LogP contribution in [0.3, 0.4) is 0 Å². The van der Waals surface area contributed by atoms with E-state index < -0.39 is 22.5 Å². The maximum Gasteiger partial charge on any atom is 0.411 e. The van der Waals surface area contributed by atoms with Crippen LogP contribution in [-0.4, -0.2) is 36.2 Å². The Bertz CT molecular complexity index is 309. The lowest BCUT2D eigenvalue weighted by molar-refractivity contribution is -0.173. The maximum atomic E-state index is 11.7. The van der Waals surface area contributed by atoms with Crippen LogP contribution in [0.2, 0.25) is 0 Å². The summed E-state index contributed by atoms with van der Waals surface area (Å²) in [4.78, 5) is 11.5. The highest BCUT2D eigenvalue weighted by Crippen LogP contribution is 2.63. The van der Waals surface area contributed by atoms with Crippen molar-refractivity contribution in [3.63, 3.8) is 0 Å². The van der Waals surface area contributed by atoms with Crippen molar-refractivity contribution in [2.75, 3.05) is 19.8 Å². The second-order valence-corrected chi connectivity index (χ2v) is 5.62. The molecule has 1 saturated carbocycles. The molecule has 0 aromatic carbocycles. The molecule has 0 saturated heterocycles.